The number of rotatable bonds is 4. The minimum Gasteiger partial charge on any atom is -0.373 e. The van der Waals surface area contributed by atoms with Gasteiger partial charge in [-0.1, -0.05) is 35.4 Å². The SMILES string of the molecule is [N-]=[N+]=N[C@@H]1CNCC(F)(F)C[C@@H]1OCc1ccccc1. The lowest BCUT2D eigenvalue weighted by Gasteiger charge is -2.23. The standard InChI is InChI=1S/C13H16F2N4O/c14-13(15)6-12(11(18-19-16)7-17-9-13)20-8-10-4-2-1-3-5-10/h1-5,11-12,17H,6-9H2/t11-,12+/m1/s1. The highest BCUT2D eigenvalue weighted by molar-refractivity contribution is 5.13. The molecule has 1 N–H and O–H groups in total. The Kier molecular flexibility index (Phi) is 4.89. The maximum Gasteiger partial charge on any atom is 0.262 e. The van der Waals surface area contributed by atoms with Crippen LogP contribution in [0.3, 0.4) is 0 Å². The lowest BCUT2D eigenvalue weighted by molar-refractivity contribution is -0.0629. The lowest BCUT2D eigenvalue weighted by atomic mass is 10.1. The highest BCUT2D eigenvalue weighted by Crippen LogP contribution is 2.26. The van der Waals surface area contributed by atoms with E-state index in [0.717, 1.165) is 5.56 Å². The highest BCUT2D eigenvalue weighted by atomic mass is 19.3. The van der Waals surface area contributed by atoms with Gasteiger partial charge < -0.3 is 10.1 Å². The van der Waals surface area contributed by atoms with Gasteiger partial charge in [0.05, 0.1) is 25.3 Å². The number of azide groups is 1. The average Bonchev–Trinajstić information content (AvgIpc) is 2.57. The van der Waals surface area contributed by atoms with Crippen molar-refractivity contribution in [2.24, 2.45) is 5.11 Å². The molecule has 5 nitrogen and oxygen atoms in total. The number of hydrogen-bond acceptors (Lipinski definition) is 3. The summed E-state index contributed by atoms with van der Waals surface area (Å²) in [5, 5.41) is 6.17. The van der Waals surface area contributed by atoms with Gasteiger partial charge in [0.1, 0.15) is 0 Å². The topological polar surface area (TPSA) is 70.0 Å². The fraction of sp³-hybridized carbons (Fsp3) is 0.538. The van der Waals surface area contributed by atoms with Gasteiger partial charge >= 0.3 is 0 Å². The predicted octanol–water partition coefficient (Wildman–Crippen LogP) is 2.88. The van der Waals surface area contributed by atoms with Crippen LogP contribution in [-0.2, 0) is 11.3 Å². The van der Waals surface area contributed by atoms with E-state index in [1.165, 1.54) is 0 Å². The first-order valence-corrected chi connectivity index (χ1v) is 6.39. The molecule has 1 heterocycles. The summed E-state index contributed by atoms with van der Waals surface area (Å²) in [6, 6.07) is 8.67. The quantitative estimate of drug-likeness (QED) is 0.524. The second-order valence-corrected chi connectivity index (χ2v) is 4.80. The van der Waals surface area contributed by atoms with Gasteiger partial charge in [0.15, 0.2) is 0 Å². The summed E-state index contributed by atoms with van der Waals surface area (Å²) in [5.41, 5.74) is 9.43. The van der Waals surface area contributed by atoms with Crippen molar-refractivity contribution in [1.82, 2.24) is 5.32 Å². The number of nitrogens with one attached hydrogen (secondary N) is 1. The number of nitrogens with zero attached hydrogens (tertiary/aromatic N) is 3. The molecule has 2 atom stereocenters. The van der Waals surface area contributed by atoms with Crippen molar-refractivity contribution in [3.8, 4) is 0 Å². The zero-order valence-corrected chi connectivity index (χ0v) is 10.9. The minimum atomic E-state index is -2.86. The van der Waals surface area contributed by atoms with E-state index in [0.29, 0.717) is 0 Å². The van der Waals surface area contributed by atoms with E-state index in [1.54, 1.807) is 0 Å². The number of benzene rings is 1. The number of hydrogen-bond donors (Lipinski definition) is 1. The van der Waals surface area contributed by atoms with Crippen molar-refractivity contribution in [3.63, 3.8) is 0 Å². The largest absolute Gasteiger partial charge is 0.373 e. The third kappa shape index (κ3) is 4.16. The fourth-order valence-electron chi connectivity index (χ4n) is 2.17. The van der Waals surface area contributed by atoms with Gasteiger partial charge in [-0.25, -0.2) is 8.78 Å². The van der Waals surface area contributed by atoms with Gasteiger partial charge in [-0.3, -0.25) is 0 Å². The molecule has 7 heteroatoms. The van der Waals surface area contributed by atoms with Crippen LogP contribution in [0.1, 0.15) is 12.0 Å². The third-order valence-corrected chi connectivity index (χ3v) is 3.17. The van der Waals surface area contributed by atoms with Crippen LogP contribution in [-0.4, -0.2) is 31.2 Å². The molecule has 1 fully saturated rings. The van der Waals surface area contributed by atoms with Gasteiger partial charge in [0, 0.05) is 17.9 Å². The molecule has 0 spiro atoms. The van der Waals surface area contributed by atoms with E-state index in [2.05, 4.69) is 15.3 Å². The van der Waals surface area contributed by atoms with Crippen molar-refractivity contribution >= 4 is 0 Å². The van der Waals surface area contributed by atoms with Crippen LogP contribution < -0.4 is 5.32 Å². The van der Waals surface area contributed by atoms with Crippen LogP contribution in [0.4, 0.5) is 8.78 Å². The van der Waals surface area contributed by atoms with Crippen LogP contribution in [0.2, 0.25) is 0 Å². The molecule has 0 amide bonds. The molecular weight excluding hydrogens is 266 g/mol. The molecule has 0 unspecified atom stereocenters. The van der Waals surface area contributed by atoms with Crippen LogP contribution in [0.25, 0.3) is 10.4 Å². The normalized spacial score (nSPS) is 25.5. The molecule has 1 aliphatic rings. The zero-order chi connectivity index (χ0) is 14.4. The summed E-state index contributed by atoms with van der Waals surface area (Å²) in [6.45, 7) is -0.00616. The molecule has 0 radical (unpaired) electrons. The maximum atomic E-state index is 13.6. The zero-order valence-electron chi connectivity index (χ0n) is 10.9. The van der Waals surface area contributed by atoms with Crippen molar-refractivity contribution in [2.45, 2.75) is 31.1 Å². The molecule has 0 bridgehead atoms. The highest BCUT2D eigenvalue weighted by Gasteiger charge is 2.39. The molecule has 1 saturated heterocycles. The van der Waals surface area contributed by atoms with E-state index < -0.39 is 31.0 Å². The summed E-state index contributed by atoms with van der Waals surface area (Å²) in [6.07, 6.45) is -1.24. The number of ether oxygens (including phenoxy) is 1. The molecule has 2 rings (SSSR count). The summed E-state index contributed by atoms with van der Waals surface area (Å²) in [5.74, 6) is -2.86. The molecule has 1 aromatic carbocycles. The van der Waals surface area contributed by atoms with E-state index in [-0.39, 0.29) is 13.2 Å². The summed E-state index contributed by atoms with van der Waals surface area (Å²) < 4.78 is 32.7. The Hall–Kier alpha value is -1.69. The van der Waals surface area contributed by atoms with Gasteiger partial charge in [-0.15, -0.1) is 0 Å². The van der Waals surface area contributed by atoms with Crippen molar-refractivity contribution in [3.05, 3.63) is 46.3 Å². The first kappa shape index (κ1) is 14.7. The lowest BCUT2D eigenvalue weighted by Crippen LogP contribution is -2.33. The van der Waals surface area contributed by atoms with Crippen LogP contribution in [0, 0.1) is 0 Å². The van der Waals surface area contributed by atoms with E-state index in [9.17, 15) is 8.78 Å². The summed E-state index contributed by atoms with van der Waals surface area (Å²) in [4.78, 5) is 2.71. The minimum absolute atomic E-state index is 0.194. The summed E-state index contributed by atoms with van der Waals surface area (Å²) >= 11 is 0. The molecule has 0 aromatic heterocycles. The first-order chi connectivity index (χ1) is 9.61. The van der Waals surface area contributed by atoms with Crippen molar-refractivity contribution < 1.29 is 13.5 Å². The Morgan fingerprint density at radius 3 is 2.85 bits per heavy atom. The molecule has 1 aliphatic heterocycles. The maximum absolute atomic E-state index is 13.6. The van der Waals surface area contributed by atoms with Gasteiger partial charge in [0.2, 0.25) is 0 Å². The Morgan fingerprint density at radius 2 is 2.15 bits per heavy atom. The van der Waals surface area contributed by atoms with Gasteiger partial charge in [-0.05, 0) is 11.1 Å². The second-order valence-electron chi connectivity index (χ2n) is 4.80. The Bertz CT molecular complexity index is 477. The smallest absolute Gasteiger partial charge is 0.262 e. The predicted molar refractivity (Wildman–Crippen MR) is 70.4 cm³/mol. The van der Waals surface area contributed by atoms with Crippen molar-refractivity contribution in [2.75, 3.05) is 13.1 Å². The number of halogens is 2. The molecule has 0 aliphatic carbocycles. The fourth-order valence-corrected chi connectivity index (χ4v) is 2.17. The monoisotopic (exact) mass is 282 g/mol. The molecule has 108 valence electrons. The molecule has 0 saturated carbocycles. The third-order valence-electron chi connectivity index (χ3n) is 3.17. The van der Waals surface area contributed by atoms with E-state index >= 15 is 0 Å². The summed E-state index contributed by atoms with van der Waals surface area (Å²) in [7, 11) is 0. The average molecular weight is 282 g/mol. The van der Waals surface area contributed by atoms with Gasteiger partial charge in [-0.2, -0.15) is 0 Å². The van der Waals surface area contributed by atoms with E-state index in [1.807, 2.05) is 30.3 Å². The Labute approximate surface area is 115 Å². The first-order valence-electron chi connectivity index (χ1n) is 6.39. The Balaban J connectivity index is 2.05. The molecular formula is C13H16F2N4O. The van der Waals surface area contributed by atoms with Crippen LogP contribution in [0.5, 0.6) is 0 Å². The van der Waals surface area contributed by atoms with Crippen LogP contribution in [0.15, 0.2) is 35.4 Å². The van der Waals surface area contributed by atoms with Gasteiger partial charge in [0.25, 0.3) is 5.92 Å². The number of alkyl halides is 2. The van der Waals surface area contributed by atoms with Crippen molar-refractivity contribution in [1.29, 1.82) is 0 Å². The Morgan fingerprint density at radius 1 is 1.40 bits per heavy atom. The molecule has 1 aromatic rings. The van der Waals surface area contributed by atoms with E-state index in [4.69, 9.17) is 10.3 Å². The second kappa shape index (κ2) is 6.65. The molecule has 20 heavy (non-hydrogen) atoms. The van der Waals surface area contributed by atoms with Crippen LogP contribution >= 0.6 is 0 Å².